The molecule has 0 heterocycles. The molecule has 2 aromatic rings. The first-order valence-electron chi connectivity index (χ1n) is 7.67. The predicted octanol–water partition coefficient (Wildman–Crippen LogP) is 2.47. The predicted molar refractivity (Wildman–Crippen MR) is 92.2 cm³/mol. The zero-order valence-electron chi connectivity index (χ0n) is 13.6. The van der Waals surface area contributed by atoms with Gasteiger partial charge in [0.15, 0.2) is 0 Å². The van der Waals surface area contributed by atoms with Gasteiger partial charge in [0.2, 0.25) is 5.91 Å². The van der Waals surface area contributed by atoms with Crippen molar-refractivity contribution in [2.45, 2.75) is 13.0 Å². The quantitative estimate of drug-likeness (QED) is 0.767. The summed E-state index contributed by atoms with van der Waals surface area (Å²) in [5.74, 6) is -0.189. The Kier molecular flexibility index (Phi) is 6.64. The van der Waals surface area contributed by atoms with E-state index in [0.29, 0.717) is 6.54 Å². The number of rotatable bonds is 7. The van der Waals surface area contributed by atoms with Crippen molar-refractivity contribution < 1.29 is 14.3 Å². The molecule has 0 bridgehead atoms. The van der Waals surface area contributed by atoms with E-state index in [2.05, 4.69) is 15.5 Å². The molecule has 0 aliphatic carbocycles. The van der Waals surface area contributed by atoms with Gasteiger partial charge in [0.05, 0.1) is 19.3 Å². The number of para-hydroxylation sites is 1. The van der Waals surface area contributed by atoms with Crippen LogP contribution in [0.3, 0.4) is 0 Å². The largest absolute Gasteiger partial charge is 0.453 e. The van der Waals surface area contributed by atoms with Crippen molar-refractivity contribution in [2.75, 3.05) is 18.7 Å². The molecule has 0 saturated heterocycles. The van der Waals surface area contributed by atoms with E-state index in [1.54, 1.807) is 5.01 Å². The second kappa shape index (κ2) is 9.19. The average molecular weight is 327 g/mol. The van der Waals surface area contributed by atoms with Crippen molar-refractivity contribution in [1.29, 1.82) is 0 Å². The van der Waals surface area contributed by atoms with Crippen LogP contribution in [0.5, 0.6) is 0 Å². The molecule has 0 saturated carbocycles. The molecule has 0 radical (unpaired) electrons. The number of carbonyl (C=O) groups is 2. The van der Waals surface area contributed by atoms with Gasteiger partial charge in [-0.2, -0.15) is 0 Å². The minimum absolute atomic E-state index is 0.160. The molecule has 0 atom stereocenters. The Labute approximate surface area is 141 Å². The zero-order chi connectivity index (χ0) is 17.2. The maximum absolute atomic E-state index is 12.1. The lowest BCUT2D eigenvalue weighted by Crippen LogP contribution is -2.43. The number of hydrogen-bond donors (Lipinski definition) is 2. The Morgan fingerprint density at radius 1 is 1.00 bits per heavy atom. The third kappa shape index (κ3) is 5.64. The first-order chi connectivity index (χ1) is 11.7. The fourth-order valence-electron chi connectivity index (χ4n) is 2.13. The van der Waals surface area contributed by atoms with E-state index >= 15 is 0 Å². The second-order valence-corrected chi connectivity index (χ2v) is 5.11. The van der Waals surface area contributed by atoms with Crippen molar-refractivity contribution in [3.8, 4) is 0 Å². The number of anilines is 1. The third-order valence-corrected chi connectivity index (χ3v) is 3.32. The van der Waals surface area contributed by atoms with Crippen LogP contribution in [0.1, 0.15) is 12.0 Å². The van der Waals surface area contributed by atoms with Gasteiger partial charge in [-0.3, -0.25) is 15.2 Å². The van der Waals surface area contributed by atoms with Crippen molar-refractivity contribution in [1.82, 2.24) is 10.7 Å². The molecule has 0 fully saturated rings. The fourth-order valence-corrected chi connectivity index (χ4v) is 2.13. The van der Waals surface area contributed by atoms with Crippen LogP contribution in [0.4, 0.5) is 10.5 Å². The monoisotopic (exact) mass is 327 g/mol. The van der Waals surface area contributed by atoms with Crippen molar-refractivity contribution in [2.24, 2.45) is 0 Å². The van der Waals surface area contributed by atoms with Gasteiger partial charge in [0.1, 0.15) is 0 Å². The van der Waals surface area contributed by atoms with Crippen LogP contribution in [0.15, 0.2) is 60.7 Å². The minimum Gasteiger partial charge on any atom is -0.453 e. The van der Waals surface area contributed by atoms with Crippen LogP contribution in [-0.2, 0) is 16.1 Å². The molecular formula is C18H21N3O3. The Hall–Kier alpha value is -3.02. The number of methoxy groups -OCH3 is 1. The fraction of sp³-hybridized carbons (Fsp3) is 0.222. The number of hydrazine groups is 1. The van der Waals surface area contributed by atoms with E-state index in [4.69, 9.17) is 0 Å². The van der Waals surface area contributed by atoms with E-state index in [-0.39, 0.29) is 18.9 Å². The van der Waals surface area contributed by atoms with Crippen molar-refractivity contribution in [3.63, 3.8) is 0 Å². The molecule has 6 heteroatoms. The van der Waals surface area contributed by atoms with Gasteiger partial charge >= 0.3 is 6.09 Å². The molecule has 0 aliphatic heterocycles. The number of nitrogens with zero attached hydrogens (tertiary/aromatic N) is 1. The molecule has 0 aliphatic rings. The molecule has 126 valence electrons. The van der Waals surface area contributed by atoms with E-state index in [1.807, 2.05) is 60.7 Å². The number of benzene rings is 2. The molecule has 6 nitrogen and oxygen atoms in total. The van der Waals surface area contributed by atoms with Crippen molar-refractivity contribution >= 4 is 17.7 Å². The summed E-state index contributed by atoms with van der Waals surface area (Å²) in [6.07, 6.45) is -0.389. The van der Waals surface area contributed by atoms with Crippen LogP contribution >= 0.6 is 0 Å². The highest BCUT2D eigenvalue weighted by atomic mass is 16.5. The van der Waals surface area contributed by atoms with E-state index in [0.717, 1.165) is 11.3 Å². The smallest absolute Gasteiger partial charge is 0.406 e. The summed E-state index contributed by atoms with van der Waals surface area (Å²) in [4.78, 5) is 23.1. The van der Waals surface area contributed by atoms with Crippen LogP contribution in [0, 0.1) is 0 Å². The zero-order valence-corrected chi connectivity index (χ0v) is 13.6. The van der Waals surface area contributed by atoms with Gasteiger partial charge < -0.3 is 10.1 Å². The molecule has 2 amide bonds. The molecule has 2 rings (SSSR count). The van der Waals surface area contributed by atoms with Gasteiger partial charge in [-0.15, -0.1) is 0 Å². The molecule has 2 aromatic carbocycles. The lowest BCUT2D eigenvalue weighted by molar-refractivity contribution is -0.121. The second-order valence-electron chi connectivity index (χ2n) is 5.11. The number of carbonyl (C=O) groups excluding carboxylic acids is 2. The van der Waals surface area contributed by atoms with Crippen LogP contribution < -0.4 is 15.8 Å². The van der Waals surface area contributed by atoms with Crippen molar-refractivity contribution in [3.05, 3.63) is 66.2 Å². The Morgan fingerprint density at radius 2 is 1.62 bits per heavy atom. The molecular weight excluding hydrogens is 306 g/mol. The first kappa shape index (κ1) is 17.3. The highest BCUT2D eigenvalue weighted by molar-refractivity contribution is 5.78. The summed E-state index contributed by atoms with van der Waals surface area (Å²) in [7, 11) is 1.28. The molecule has 2 N–H and O–H groups in total. The third-order valence-electron chi connectivity index (χ3n) is 3.32. The highest BCUT2D eigenvalue weighted by Gasteiger charge is 2.11. The maximum Gasteiger partial charge on any atom is 0.406 e. The minimum atomic E-state index is -0.549. The number of alkyl carbamates (subject to hydrolysis) is 1. The van der Waals surface area contributed by atoms with Gasteiger partial charge in [-0.05, 0) is 17.7 Å². The Balaban J connectivity index is 1.98. The van der Waals surface area contributed by atoms with Crippen LogP contribution in [-0.4, -0.2) is 25.7 Å². The standard InChI is InChI=1S/C18H21N3O3/c1-24-18(23)19-13-12-17(22)20-21(16-10-6-3-7-11-16)14-15-8-4-2-5-9-15/h2-11H,12-14H2,1H3,(H,19,23)(H,20,22). The molecule has 0 aromatic heterocycles. The number of ether oxygens (including phenoxy) is 1. The normalized spacial score (nSPS) is 9.88. The number of nitrogens with one attached hydrogen (secondary N) is 2. The molecule has 0 unspecified atom stereocenters. The summed E-state index contributed by atoms with van der Waals surface area (Å²) >= 11 is 0. The first-order valence-corrected chi connectivity index (χ1v) is 7.67. The van der Waals surface area contributed by atoms with Gasteiger partial charge in [0.25, 0.3) is 0 Å². The summed E-state index contributed by atoms with van der Waals surface area (Å²) in [6, 6.07) is 19.5. The number of amides is 2. The molecule has 0 spiro atoms. The Bertz CT molecular complexity index is 647. The van der Waals surface area contributed by atoms with Gasteiger partial charge in [-0.25, -0.2) is 4.79 Å². The van der Waals surface area contributed by atoms with Gasteiger partial charge in [0, 0.05) is 13.0 Å². The summed E-state index contributed by atoms with van der Waals surface area (Å²) in [6.45, 7) is 0.757. The van der Waals surface area contributed by atoms with Crippen LogP contribution in [0.2, 0.25) is 0 Å². The molecule has 24 heavy (non-hydrogen) atoms. The number of hydrogen-bond acceptors (Lipinski definition) is 4. The average Bonchev–Trinajstić information content (AvgIpc) is 2.62. The highest BCUT2D eigenvalue weighted by Crippen LogP contribution is 2.14. The lowest BCUT2D eigenvalue weighted by atomic mass is 10.2. The van der Waals surface area contributed by atoms with E-state index in [9.17, 15) is 9.59 Å². The van der Waals surface area contributed by atoms with E-state index < -0.39 is 6.09 Å². The Morgan fingerprint density at radius 3 is 2.25 bits per heavy atom. The van der Waals surface area contributed by atoms with Crippen LogP contribution in [0.25, 0.3) is 0 Å². The summed E-state index contributed by atoms with van der Waals surface area (Å²) < 4.78 is 4.47. The summed E-state index contributed by atoms with van der Waals surface area (Å²) in [5, 5.41) is 4.27. The maximum atomic E-state index is 12.1. The topological polar surface area (TPSA) is 70.7 Å². The summed E-state index contributed by atoms with van der Waals surface area (Å²) in [5.41, 5.74) is 4.84. The SMILES string of the molecule is COC(=O)NCCC(=O)NN(Cc1ccccc1)c1ccccc1. The van der Waals surface area contributed by atoms with E-state index in [1.165, 1.54) is 7.11 Å². The lowest BCUT2D eigenvalue weighted by Gasteiger charge is -2.25. The van der Waals surface area contributed by atoms with Gasteiger partial charge in [-0.1, -0.05) is 48.5 Å².